The number of phenols is 3. The molecule has 180 valence electrons. The smallest absolute Gasteiger partial charge is 0.303 e. The van der Waals surface area contributed by atoms with Gasteiger partial charge in [0.05, 0.1) is 12.2 Å². The summed E-state index contributed by atoms with van der Waals surface area (Å²) in [5, 5.41) is 60.7. The lowest BCUT2D eigenvalue weighted by Gasteiger charge is -2.41. The van der Waals surface area contributed by atoms with Crippen molar-refractivity contribution in [1.29, 1.82) is 0 Å². The summed E-state index contributed by atoms with van der Waals surface area (Å²) in [6.45, 7) is 0.340. The summed E-state index contributed by atoms with van der Waals surface area (Å²) in [6, 6.07) is 7.66. The molecule has 1 aliphatic heterocycles. The number of hydrogen-bond acceptors (Lipinski definition) is 11. The molecule has 3 aromatic rings. The van der Waals surface area contributed by atoms with Gasteiger partial charge in [0.2, 0.25) is 0 Å². The van der Waals surface area contributed by atoms with Crippen LogP contribution in [0.5, 0.6) is 17.2 Å². The number of aliphatic hydroxyl groups is 3. The maximum atomic E-state index is 12.9. The standard InChI is InChI=1S/C23H22O11/c1-9(25)32-23-20(31)19(30)16(8-24)34-22(23)18-13(28)6-12(27)17-14(29)7-15(33-21(17)18)10-2-4-11(26)5-3-10/h2-7,16,19-20,22-24,26-28,30-31H,8H2,1H3/t16-,19-,20+,22+,23-/m1/s1. The molecule has 6 N–H and O–H groups in total. The molecule has 0 radical (unpaired) electrons. The number of fused-ring (bicyclic) bond motifs is 1. The molecular weight excluding hydrogens is 452 g/mol. The van der Waals surface area contributed by atoms with Gasteiger partial charge in [0, 0.05) is 24.6 Å². The topological polar surface area (TPSA) is 187 Å². The number of rotatable bonds is 4. The van der Waals surface area contributed by atoms with Crippen LogP contribution in [0.25, 0.3) is 22.3 Å². The first kappa shape index (κ1) is 23.5. The number of ether oxygens (including phenoxy) is 2. The minimum Gasteiger partial charge on any atom is -0.508 e. The Hall–Kier alpha value is -3.64. The average Bonchev–Trinajstić information content (AvgIpc) is 2.77. The number of aliphatic hydroxyl groups excluding tert-OH is 3. The highest BCUT2D eigenvalue weighted by Gasteiger charge is 2.48. The Labute approximate surface area is 191 Å². The van der Waals surface area contributed by atoms with E-state index in [2.05, 4.69) is 0 Å². The number of carbonyl (C=O) groups is 1. The SMILES string of the molecule is CC(=O)O[C@@H]1[C@@H](O)[C@H](O)[C@@H](CO)O[C@H]1c1c(O)cc(O)c2c(=O)cc(-c3ccc(O)cc3)oc12. The Morgan fingerprint density at radius 2 is 1.71 bits per heavy atom. The predicted octanol–water partition coefficient (Wildman–Crippen LogP) is 0.662. The second-order valence-electron chi connectivity index (χ2n) is 7.89. The Morgan fingerprint density at radius 1 is 1.03 bits per heavy atom. The van der Waals surface area contributed by atoms with Crippen molar-refractivity contribution < 1.29 is 49.3 Å². The predicted molar refractivity (Wildman–Crippen MR) is 115 cm³/mol. The van der Waals surface area contributed by atoms with E-state index < -0.39 is 60.0 Å². The molecule has 0 bridgehead atoms. The first-order valence-electron chi connectivity index (χ1n) is 10.2. The van der Waals surface area contributed by atoms with Crippen LogP contribution in [-0.4, -0.2) is 67.6 Å². The molecule has 1 aromatic heterocycles. The van der Waals surface area contributed by atoms with Crippen molar-refractivity contribution in [2.24, 2.45) is 0 Å². The maximum absolute atomic E-state index is 12.9. The minimum atomic E-state index is -1.73. The zero-order chi connectivity index (χ0) is 24.7. The first-order valence-corrected chi connectivity index (χ1v) is 10.2. The molecule has 0 aliphatic carbocycles. The zero-order valence-corrected chi connectivity index (χ0v) is 17.8. The minimum absolute atomic E-state index is 0.0166. The lowest BCUT2D eigenvalue weighted by molar-refractivity contribution is -0.240. The number of phenolic OH excluding ortho intramolecular Hbond substituents is 3. The highest BCUT2D eigenvalue weighted by molar-refractivity contribution is 5.89. The van der Waals surface area contributed by atoms with E-state index in [1.165, 1.54) is 24.3 Å². The van der Waals surface area contributed by atoms with Gasteiger partial charge in [-0.2, -0.15) is 0 Å². The highest BCUT2D eigenvalue weighted by Crippen LogP contribution is 2.44. The summed E-state index contributed by atoms with van der Waals surface area (Å²) in [4.78, 5) is 24.6. The van der Waals surface area contributed by atoms with Crippen LogP contribution in [0.3, 0.4) is 0 Å². The fourth-order valence-corrected chi connectivity index (χ4v) is 4.01. The second kappa shape index (κ2) is 8.95. The van der Waals surface area contributed by atoms with Crippen molar-refractivity contribution in [2.45, 2.75) is 37.4 Å². The van der Waals surface area contributed by atoms with Gasteiger partial charge in [-0.25, -0.2) is 0 Å². The summed E-state index contributed by atoms with van der Waals surface area (Å²) < 4.78 is 16.7. The van der Waals surface area contributed by atoms with Gasteiger partial charge in [-0.1, -0.05) is 0 Å². The van der Waals surface area contributed by atoms with Gasteiger partial charge in [0.25, 0.3) is 0 Å². The van der Waals surface area contributed by atoms with Crippen LogP contribution < -0.4 is 5.43 Å². The van der Waals surface area contributed by atoms with Gasteiger partial charge in [0.15, 0.2) is 17.1 Å². The Morgan fingerprint density at radius 3 is 2.32 bits per heavy atom. The summed E-state index contributed by atoms with van der Waals surface area (Å²) >= 11 is 0. The van der Waals surface area contributed by atoms with Crippen molar-refractivity contribution in [3.8, 4) is 28.6 Å². The Bertz CT molecular complexity index is 1280. The number of carbonyl (C=O) groups excluding carboxylic acids is 1. The number of aromatic hydroxyl groups is 3. The van der Waals surface area contributed by atoms with E-state index in [0.29, 0.717) is 5.56 Å². The highest BCUT2D eigenvalue weighted by atomic mass is 16.6. The number of hydrogen-bond donors (Lipinski definition) is 6. The third-order valence-electron chi connectivity index (χ3n) is 5.60. The van der Waals surface area contributed by atoms with E-state index in [9.17, 15) is 40.2 Å². The van der Waals surface area contributed by atoms with Crippen molar-refractivity contribution >= 4 is 16.9 Å². The van der Waals surface area contributed by atoms with Crippen molar-refractivity contribution in [3.05, 3.63) is 52.2 Å². The molecule has 2 aromatic carbocycles. The van der Waals surface area contributed by atoms with Crippen LogP contribution in [0.2, 0.25) is 0 Å². The van der Waals surface area contributed by atoms with Gasteiger partial charge in [-0.05, 0) is 24.3 Å². The maximum Gasteiger partial charge on any atom is 0.303 e. The average molecular weight is 474 g/mol. The second-order valence-corrected chi connectivity index (χ2v) is 7.89. The monoisotopic (exact) mass is 474 g/mol. The largest absolute Gasteiger partial charge is 0.508 e. The van der Waals surface area contributed by atoms with Crippen molar-refractivity contribution in [2.75, 3.05) is 6.61 Å². The molecule has 0 saturated carbocycles. The van der Waals surface area contributed by atoms with Crippen molar-refractivity contribution in [1.82, 2.24) is 0 Å². The number of benzene rings is 2. The summed E-state index contributed by atoms with van der Waals surface area (Å²) in [6.07, 6.45) is -7.75. The lowest BCUT2D eigenvalue weighted by Crippen LogP contribution is -2.56. The lowest BCUT2D eigenvalue weighted by atomic mass is 9.89. The van der Waals surface area contributed by atoms with Gasteiger partial charge in [0.1, 0.15) is 52.8 Å². The molecule has 11 heteroatoms. The molecule has 2 heterocycles. The van der Waals surface area contributed by atoms with E-state index in [1.807, 2.05) is 0 Å². The van der Waals surface area contributed by atoms with Gasteiger partial charge >= 0.3 is 5.97 Å². The van der Waals surface area contributed by atoms with Gasteiger partial charge in [-0.3, -0.25) is 9.59 Å². The molecular formula is C23H22O11. The molecule has 0 amide bonds. The fraction of sp³-hybridized carbons (Fsp3) is 0.304. The molecule has 0 unspecified atom stereocenters. The molecule has 1 aliphatic rings. The molecule has 34 heavy (non-hydrogen) atoms. The summed E-state index contributed by atoms with van der Waals surface area (Å²) in [5.74, 6) is -2.05. The Kier molecular flexibility index (Phi) is 6.19. The van der Waals surface area contributed by atoms with Crippen LogP contribution in [-0.2, 0) is 14.3 Å². The van der Waals surface area contributed by atoms with Gasteiger partial charge in [-0.15, -0.1) is 0 Å². The quantitative estimate of drug-likeness (QED) is 0.292. The molecule has 5 atom stereocenters. The molecule has 1 fully saturated rings. The van der Waals surface area contributed by atoms with Crippen LogP contribution >= 0.6 is 0 Å². The third kappa shape index (κ3) is 4.05. The van der Waals surface area contributed by atoms with E-state index in [1.54, 1.807) is 0 Å². The van der Waals surface area contributed by atoms with E-state index in [-0.39, 0.29) is 28.0 Å². The summed E-state index contributed by atoms with van der Waals surface area (Å²) in [7, 11) is 0. The first-order chi connectivity index (χ1) is 16.1. The van der Waals surface area contributed by atoms with Crippen LogP contribution in [0.15, 0.2) is 45.6 Å². The van der Waals surface area contributed by atoms with Crippen molar-refractivity contribution in [3.63, 3.8) is 0 Å². The molecule has 4 rings (SSSR count). The number of esters is 1. The zero-order valence-electron chi connectivity index (χ0n) is 17.8. The van der Waals surface area contributed by atoms with Crippen LogP contribution in [0.1, 0.15) is 18.6 Å². The van der Waals surface area contributed by atoms with E-state index in [0.717, 1.165) is 19.1 Å². The molecule has 11 nitrogen and oxygen atoms in total. The molecule has 0 spiro atoms. The van der Waals surface area contributed by atoms with Crippen LogP contribution in [0, 0.1) is 0 Å². The summed E-state index contributed by atoms with van der Waals surface area (Å²) in [5.41, 5.74) is -0.866. The Balaban J connectivity index is 1.98. The van der Waals surface area contributed by atoms with E-state index in [4.69, 9.17) is 13.9 Å². The normalized spacial score (nSPS) is 24.8. The molecule has 1 saturated heterocycles. The van der Waals surface area contributed by atoms with Gasteiger partial charge < -0.3 is 44.5 Å². The third-order valence-corrected chi connectivity index (χ3v) is 5.60. The van der Waals surface area contributed by atoms with E-state index >= 15 is 0 Å². The van der Waals surface area contributed by atoms with Crippen LogP contribution in [0.4, 0.5) is 0 Å². The fourth-order valence-electron chi connectivity index (χ4n) is 4.01.